The molecule has 1 atom stereocenters. The monoisotopic (exact) mass is 405 g/mol. The van der Waals surface area contributed by atoms with Gasteiger partial charge in [0.2, 0.25) is 15.9 Å². The van der Waals surface area contributed by atoms with Crippen LogP contribution in [0.3, 0.4) is 0 Å². The molecule has 0 aliphatic carbocycles. The highest BCUT2D eigenvalue weighted by Gasteiger charge is 2.32. The first-order chi connectivity index (χ1) is 13.3. The van der Waals surface area contributed by atoms with Crippen molar-refractivity contribution >= 4 is 27.3 Å². The molecule has 2 aromatic rings. The number of hydrogen-bond acceptors (Lipinski definition) is 6. The first kappa shape index (κ1) is 20.1. The van der Waals surface area contributed by atoms with Crippen LogP contribution in [-0.4, -0.2) is 51.9 Å². The van der Waals surface area contributed by atoms with Crippen LogP contribution in [-0.2, 0) is 21.2 Å². The van der Waals surface area contributed by atoms with Gasteiger partial charge in [-0.1, -0.05) is 0 Å². The van der Waals surface area contributed by atoms with E-state index in [2.05, 4.69) is 10.3 Å². The Balaban J connectivity index is 1.80. The molecule has 3 rings (SSSR count). The average molecular weight is 405 g/mol. The largest absolute Gasteiger partial charge is 0.474 e. The predicted octanol–water partition coefficient (Wildman–Crippen LogP) is 2.07. The molecule has 0 spiro atoms. The molecule has 0 fully saturated rings. The van der Waals surface area contributed by atoms with Crippen molar-refractivity contribution < 1.29 is 22.7 Å². The van der Waals surface area contributed by atoms with E-state index in [0.29, 0.717) is 42.5 Å². The van der Waals surface area contributed by atoms with Crippen molar-refractivity contribution in [1.29, 1.82) is 0 Å². The molecule has 1 unspecified atom stereocenters. The molecule has 1 aromatic heterocycles. The number of nitrogens with zero attached hydrogens (tertiary/aromatic N) is 2. The molecule has 1 aliphatic rings. The zero-order valence-electron chi connectivity index (χ0n) is 16.0. The average Bonchev–Trinajstić information content (AvgIpc) is 2.98. The van der Waals surface area contributed by atoms with Crippen molar-refractivity contribution in [2.24, 2.45) is 0 Å². The smallest absolute Gasteiger partial charge is 0.255 e. The normalized spacial score (nSPS) is 16.0. The Kier molecular flexibility index (Phi) is 5.85. The molecule has 1 aliphatic heterocycles. The Labute approximate surface area is 164 Å². The van der Waals surface area contributed by atoms with Crippen LogP contribution in [0, 0.1) is 0 Å². The minimum absolute atomic E-state index is 0.178. The fourth-order valence-electron chi connectivity index (χ4n) is 3.27. The molecule has 0 saturated carbocycles. The molecule has 150 valence electrons. The number of anilines is 2. The second kappa shape index (κ2) is 8.15. The van der Waals surface area contributed by atoms with Gasteiger partial charge in [-0.3, -0.25) is 9.10 Å². The number of ether oxygens (including phenoxy) is 2. The molecule has 8 nitrogen and oxygen atoms in total. The van der Waals surface area contributed by atoms with Crippen LogP contribution in [0.25, 0.3) is 0 Å². The Morgan fingerprint density at radius 2 is 2.11 bits per heavy atom. The number of amides is 1. The second-order valence-electron chi connectivity index (χ2n) is 6.61. The van der Waals surface area contributed by atoms with Crippen LogP contribution in [0.1, 0.15) is 22.8 Å². The lowest BCUT2D eigenvalue weighted by Gasteiger charge is -2.21. The fourth-order valence-corrected chi connectivity index (χ4v) is 4.53. The van der Waals surface area contributed by atoms with Crippen LogP contribution in [0.15, 0.2) is 36.5 Å². The number of methoxy groups -OCH3 is 1. The Morgan fingerprint density at radius 3 is 2.82 bits per heavy atom. The van der Waals surface area contributed by atoms with Crippen LogP contribution in [0.2, 0.25) is 0 Å². The van der Waals surface area contributed by atoms with E-state index in [9.17, 15) is 13.2 Å². The fraction of sp³-hybridized carbons (Fsp3) is 0.368. The van der Waals surface area contributed by atoms with Crippen molar-refractivity contribution in [2.75, 3.05) is 36.2 Å². The van der Waals surface area contributed by atoms with Gasteiger partial charge in [0.15, 0.2) is 0 Å². The molecule has 1 N–H and O–H groups in total. The minimum atomic E-state index is -3.37. The molecular weight excluding hydrogens is 382 g/mol. The number of sulfonamides is 1. The van der Waals surface area contributed by atoms with Crippen molar-refractivity contribution in [3.8, 4) is 5.88 Å². The van der Waals surface area contributed by atoms with Gasteiger partial charge in [0, 0.05) is 24.9 Å². The summed E-state index contributed by atoms with van der Waals surface area (Å²) < 4.78 is 35.9. The second-order valence-corrected chi connectivity index (χ2v) is 8.47. The third-order valence-corrected chi connectivity index (χ3v) is 5.67. The van der Waals surface area contributed by atoms with E-state index in [-0.39, 0.29) is 11.9 Å². The van der Waals surface area contributed by atoms with E-state index in [1.807, 2.05) is 6.92 Å². The number of hydrogen-bond donors (Lipinski definition) is 1. The maximum atomic E-state index is 12.7. The number of aromatic nitrogens is 1. The first-order valence-electron chi connectivity index (χ1n) is 8.81. The van der Waals surface area contributed by atoms with Crippen molar-refractivity contribution in [3.63, 3.8) is 0 Å². The van der Waals surface area contributed by atoms with Crippen molar-refractivity contribution in [3.05, 3.63) is 47.7 Å². The van der Waals surface area contributed by atoms with Crippen molar-refractivity contribution in [1.82, 2.24) is 4.98 Å². The van der Waals surface area contributed by atoms with Gasteiger partial charge in [0.1, 0.15) is 12.3 Å². The summed E-state index contributed by atoms with van der Waals surface area (Å²) in [5.74, 6) is -0.0104. The number of nitrogens with one attached hydrogen (secondary N) is 1. The number of rotatable bonds is 7. The molecule has 0 radical (unpaired) electrons. The molecule has 0 saturated heterocycles. The summed E-state index contributed by atoms with van der Waals surface area (Å²) >= 11 is 0. The Bertz CT molecular complexity index is 977. The summed E-state index contributed by atoms with van der Waals surface area (Å²) in [6.45, 7) is 2.57. The molecule has 9 heteroatoms. The van der Waals surface area contributed by atoms with Crippen LogP contribution in [0.5, 0.6) is 5.88 Å². The third kappa shape index (κ3) is 4.26. The predicted molar refractivity (Wildman–Crippen MR) is 106 cm³/mol. The van der Waals surface area contributed by atoms with E-state index >= 15 is 0 Å². The number of benzene rings is 1. The highest BCUT2D eigenvalue weighted by Crippen LogP contribution is 2.35. The number of carbonyl (C=O) groups excluding carboxylic acids is 1. The quantitative estimate of drug-likeness (QED) is 0.708. The third-order valence-electron chi connectivity index (χ3n) is 4.40. The first-order valence-corrected chi connectivity index (χ1v) is 10.7. The maximum absolute atomic E-state index is 12.7. The van der Waals surface area contributed by atoms with Gasteiger partial charge in [0.25, 0.3) is 5.91 Å². The molecule has 1 amide bonds. The zero-order valence-corrected chi connectivity index (χ0v) is 16.8. The van der Waals surface area contributed by atoms with Gasteiger partial charge in [-0.2, -0.15) is 0 Å². The van der Waals surface area contributed by atoms with E-state index < -0.39 is 10.0 Å². The van der Waals surface area contributed by atoms with Crippen LogP contribution in [0.4, 0.5) is 11.4 Å². The highest BCUT2D eigenvalue weighted by molar-refractivity contribution is 7.92. The van der Waals surface area contributed by atoms with Crippen LogP contribution < -0.4 is 14.4 Å². The minimum Gasteiger partial charge on any atom is -0.474 e. The number of fused-ring (bicyclic) bond motifs is 1. The number of pyridine rings is 1. The summed E-state index contributed by atoms with van der Waals surface area (Å²) in [6.07, 6.45) is 3.32. The summed E-state index contributed by atoms with van der Waals surface area (Å²) in [7, 11) is -1.79. The highest BCUT2D eigenvalue weighted by atomic mass is 32.2. The Hall–Kier alpha value is -2.65. The van der Waals surface area contributed by atoms with E-state index in [1.54, 1.807) is 43.6 Å². The standard InChI is InChI=1S/C19H23N3O5S/c1-13-11-15-12-14(6-7-17(15)22(13)28(3,24)25)18(23)21-16-5-4-8-20-19(16)27-10-9-26-2/h4-8,12-13H,9-11H2,1-3H3,(H,21,23). The van der Waals surface area contributed by atoms with E-state index in [1.165, 1.54) is 10.6 Å². The van der Waals surface area contributed by atoms with Gasteiger partial charge >= 0.3 is 0 Å². The molecule has 2 heterocycles. The Morgan fingerprint density at radius 1 is 1.32 bits per heavy atom. The molecule has 28 heavy (non-hydrogen) atoms. The van der Waals surface area contributed by atoms with Gasteiger partial charge in [0.05, 0.1) is 18.6 Å². The van der Waals surface area contributed by atoms with Gasteiger partial charge < -0.3 is 14.8 Å². The lowest BCUT2D eigenvalue weighted by atomic mass is 10.1. The van der Waals surface area contributed by atoms with Gasteiger partial charge in [-0.05, 0) is 49.2 Å². The van der Waals surface area contributed by atoms with Gasteiger partial charge in [-0.15, -0.1) is 0 Å². The summed E-state index contributed by atoms with van der Waals surface area (Å²) in [4.78, 5) is 16.8. The lowest BCUT2D eigenvalue weighted by Crippen LogP contribution is -2.34. The molecule has 0 bridgehead atoms. The SMILES string of the molecule is COCCOc1ncccc1NC(=O)c1ccc2c(c1)CC(C)N2S(C)(=O)=O. The topological polar surface area (TPSA) is 97.8 Å². The summed E-state index contributed by atoms with van der Waals surface area (Å²) in [6, 6.07) is 8.25. The lowest BCUT2D eigenvalue weighted by molar-refractivity contribution is 0.102. The zero-order chi connectivity index (χ0) is 20.3. The molecule has 1 aromatic carbocycles. The number of carbonyl (C=O) groups is 1. The summed E-state index contributed by atoms with van der Waals surface area (Å²) in [5.41, 5.74) is 2.34. The van der Waals surface area contributed by atoms with E-state index in [4.69, 9.17) is 9.47 Å². The van der Waals surface area contributed by atoms with Crippen molar-refractivity contribution in [2.45, 2.75) is 19.4 Å². The van der Waals surface area contributed by atoms with Crippen LogP contribution >= 0.6 is 0 Å². The summed E-state index contributed by atoms with van der Waals surface area (Å²) in [5, 5.41) is 2.80. The maximum Gasteiger partial charge on any atom is 0.255 e. The van der Waals surface area contributed by atoms with Gasteiger partial charge in [-0.25, -0.2) is 13.4 Å². The molecular formula is C19H23N3O5S. The van der Waals surface area contributed by atoms with E-state index in [0.717, 1.165) is 5.56 Å².